The predicted octanol–water partition coefficient (Wildman–Crippen LogP) is 4.86. The number of para-hydroxylation sites is 1. The van der Waals surface area contributed by atoms with Gasteiger partial charge in [0, 0.05) is 18.3 Å². The lowest BCUT2D eigenvalue weighted by Gasteiger charge is -2.03. The molecular formula is C15H23N. The molecule has 0 bridgehead atoms. The van der Waals surface area contributed by atoms with Gasteiger partial charge in [0.15, 0.2) is 0 Å². The molecule has 0 saturated carbocycles. The summed E-state index contributed by atoms with van der Waals surface area (Å²) in [4.78, 5) is 0. The van der Waals surface area contributed by atoms with Crippen molar-refractivity contribution in [2.75, 3.05) is 0 Å². The molecule has 0 aliphatic carbocycles. The van der Waals surface area contributed by atoms with Crippen molar-refractivity contribution in [2.45, 2.75) is 46.6 Å². The number of unbranched alkanes of at least 4 members (excludes halogenated alkanes) is 2. The largest absolute Gasteiger partial charge is 0.347 e. The summed E-state index contributed by atoms with van der Waals surface area (Å²) in [5, 5.41) is 1.35. The van der Waals surface area contributed by atoms with Crippen LogP contribution in [-0.4, -0.2) is 4.57 Å². The van der Waals surface area contributed by atoms with E-state index >= 15 is 0 Å². The van der Waals surface area contributed by atoms with Gasteiger partial charge in [-0.2, -0.15) is 0 Å². The van der Waals surface area contributed by atoms with Crippen LogP contribution in [0.2, 0.25) is 0 Å². The lowest BCUT2D eigenvalue weighted by atomic mass is 10.2. The molecule has 2 aromatic rings. The van der Waals surface area contributed by atoms with E-state index in [1.54, 1.807) is 0 Å². The Morgan fingerprint density at radius 2 is 1.75 bits per heavy atom. The molecule has 2 rings (SSSR count). The van der Waals surface area contributed by atoms with Crippen molar-refractivity contribution in [3.63, 3.8) is 0 Å². The molecule has 0 amide bonds. The summed E-state index contributed by atoms with van der Waals surface area (Å²) >= 11 is 0. The van der Waals surface area contributed by atoms with Gasteiger partial charge < -0.3 is 4.57 Å². The average molecular weight is 217 g/mol. The van der Waals surface area contributed by atoms with Crippen LogP contribution in [0.25, 0.3) is 10.9 Å². The molecule has 1 aromatic heterocycles. The Hall–Kier alpha value is -1.24. The SMILES string of the molecule is CC.CCCCCn1ccc2ccccc21. The number of hydrogen-bond acceptors (Lipinski definition) is 0. The molecule has 0 fully saturated rings. The number of benzene rings is 1. The van der Waals surface area contributed by atoms with E-state index in [4.69, 9.17) is 0 Å². The Kier molecular flexibility index (Phi) is 5.69. The van der Waals surface area contributed by atoms with Gasteiger partial charge in [0.25, 0.3) is 0 Å². The number of nitrogens with zero attached hydrogens (tertiary/aromatic N) is 1. The first kappa shape index (κ1) is 12.8. The standard InChI is InChI=1S/C13H17N.C2H6/c1-2-3-6-10-14-11-9-12-7-4-5-8-13(12)14;1-2/h4-5,7-9,11H,2-3,6,10H2,1H3;1-2H3. The summed E-state index contributed by atoms with van der Waals surface area (Å²) in [7, 11) is 0. The average Bonchev–Trinajstić information content (AvgIpc) is 2.76. The summed E-state index contributed by atoms with van der Waals surface area (Å²) in [6, 6.07) is 10.8. The minimum absolute atomic E-state index is 1.15. The topological polar surface area (TPSA) is 4.93 Å². The molecule has 1 aromatic carbocycles. The fraction of sp³-hybridized carbons (Fsp3) is 0.467. The van der Waals surface area contributed by atoms with E-state index in [1.807, 2.05) is 13.8 Å². The van der Waals surface area contributed by atoms with Crippen LogP contribution in [0.3, 0.4) is 0 Å². The lowest BCUT2D eigenvalue weighted by Crippen LogP contribution is -1.95. The van der Waals surface area contributed by atoms with E-state index in [1.165, 1.54) is 30.2 Å². The normalized spacial score (nSPS) is 9.94. The smallest absolute Gasteiger partial charge is 0.0480 e. The van der Waals surface area contributed by atoms with Gasteiger partial charge in [-0.3, -0.25) is 0 Å². The van der Waals surface area contributed by atoms with E-state index in [9.17, 15) is 0 Å². The van der Waals surface area contributed by atoms with E-state index in [2.05, 4.69) is 48.0 Å². The maximum atomic E-state index is 2.35. The minimum Gasteiger partial charge on any atom is -0.347 e. The molecule has 88 valence electrons. The third-order valence-corrected chi connectivity index (χ3v) is 2.68. The number of rotatable bonds is 4. The first-order valence-corrected chi connectivity index (χ1v) is 6.45. The molecule has 1 heterocycles. The van der Waals surface area contributed by atoms with Crippen molar-refractivity contribution in [1.29, 1.82) is 0 Å². The number of fused-ring (bicyclic) bond motifs is 1. The van der Waals surface area contributed by atoms with E-state index < -0.39 is 0 Å². The number of aromatic nitrogens is 1. The highest BCUT2D eigenvalue weighted by Crippen LogP contribution is 2.15. The van der Waals surface area contributed by atoms with E-state index in [0.717, 1.165) is 6.54 Å². The molecule has 0 spiro atoms. The zero-order chi connectivity index (χ0) is 11.8. The minimum atomic E-state index is 1.15. The zero-order valence-corrected chi connectivity index (χ0v) is 10.7. The van der Waals surface area contributed by atoms with Crippen molar-refractivity contribution in [1.82, 2.24) is 4.57 Å². The summed E-state index contributed by atoms with van der Waals surface area (Å²) < 4.78 is 2.35. The Morgan fingerprint density at radius 1 is 1.00 bits per heavy atom. The third kappa shape index (κ3) is 3.13. The van der Waals surface area contributed by atoms with Crippen LogP contribution in [-0.2, 0) is 6.54 Å². The van der Waals surface area contributed by atoms with Gasteiger partial charge >= 0.3 is 0 Å². The Balaban J connectivity index is 0.000000606. The highest BCUT2D eigenvalue weighted by atomic mass is 14.9. The predicted molar refractivity (Wildman–Crippen MR) is 72.8 cm³/mol. The Labute approximate surface area is 99.1 Å². The van der Waals surface area contributed by atoms with Crippen LogP contribution < -0.4 is 0 Å². The first-order chi connectivity index (χ1) is 7.92. The zero-order valence-electron chi connectivity index (χ0n) is 10.7. The highest BCUT2D eigenvalue weighted by Gasteiger charge is 1.98. The molecule has 0 aliphatic rings. The first-order valence-electron chi connectivity index (χ1n) is 6.45. The van der Waals surface area contributed by atoms with Crippen molar-refractivity contribution < 1.29 is 0 Å². The van der Waals surface area contributed by atoms with Gasteiger partial charge in [0.1, 0.15) is 0 Å². The van der Waals surface area contributed by atoms with Crippen LogP contribution in [0.1, 0.15) is 40.0 Å². The van der Waals surface area contributed by atoms with Crippen molar-refractivity contribution in [3.05, 3.63) is 36.5 Å². The fourth-order valence-corrected chi connectivity index (χ4v) is 1.87. The molecule has 1 heteroatoms. The molecule has 0 N–H and O–H groups in total. The quantitative estimate of drug-likeness (QED) is 0.645. The van der Waals surface area contributed by atoms with Crippen LogP contribution in [0, 0.1) is 0 Å². The number of hydrogen-bond donors (Lipinski definition) is 0. The maximum absolute atomic E-state index is 2.35. The monoisotopic (exact) mass is 217 g/mol. The van der Waals surface area contributed by atoms with Crippen LogP contribution >= 0.6 is 0 Å². The van der Waals surface area contributed by atoms with Gasteiger partial charge in [-0.25, -0.2) is 0 Å². The molecule has 0 atom stereocenters. The molecule has 0 unspecified atom stereocenters. The third-order valence-electron chi connectivity index (χ3n) is 2.68. The second-order valence-corrected chi connectivity index (χ2v) is 3.78. The van der Waals surface area contributed by atoms with Crippen LogP contribution in [0.15, 0.2) is 36.5 Å². The maximum Gasteiger partial charge on any atom is 0.0480 e. The summed E-state index contributed by atoms with van der Waals surface area (Å²) in [5.41, 5.74) is 1.36. The Morgan fingerprint density at radius 3 is 2.50 bits per heavy atom. The van der Waals surface area contributed by atoms with Gasteiger partial charge in [-0.05, 0) is 23.9 Å². The molecule has 0 saturated heterocycles. The fourth-order valence-electron chi connectivity index (χ4n) is 1.87. The molecule has 1 nitrogen and oxygen atoms in total. The van der Waals surface area contributed by atoms with Crippen LogP contribution in [0.4, 0.5) is 0 Å². The number of aryl methyl sites for hydroxylation is 1. The molecule has 16 heavy (non-hydrogen) atoms. The van der Waals surface area contributed by atoms with Crippen LogP contribution in [0.5, 0.6) is 0 Å². The second kappa shape index (κ2) is 7.10. The van der Waals surface area contributed by atoms with Gasteiger partial charge in [0.05, 0.1) is 0 Å². The van der Waals surface area contributed by atoms with E-state index in [0.29, 0.717) is 0 Å². The Bertz CT molecular complexity index is 400. The van der Waals surface area contributed by atoms with Crippen molar-refractivity contribution >= 4 is 10.9 Å². The van der Waals surface area contributed by atoms with Gasteiger partial charge in [-0.15, -0.1) is 0 Å². The van der Waals surface area contributed by atoms with Crippen molar-refractivity contribution in [3.8, 4) is 0 Å². The summed E-state index contributed by atoms with van der Waals surface area (Å²) in [6.07, 6.45) is 6.10. The molecule has 0 aliphatic heterocycles. The summed E-state index contributed by atoms with van der Waals surface area (Å²) in [5.74, 6) is 0. The summed E-state index contributed by atoms with van der Waals surface area (Å²) in [6.45, 7) is 7.40. The molecular weight excluding hydrogens is 194 g/mol. The lowest BCUT2D eigenvalue weighted by molar-refractivity contribution is 0.616. The van der Waals surface area contributed by atoms with Crippen molar-refractivity contribution in [2.24, 2.45) is 0 Å². The van der Waals surface area contributed by atoms with E-state index in [-0.39, 0.29) is 0 Å². The molecule has 0 radical (unpaired) electrons. The highest BCUT2D eigenvalue weighted by molar-refractivity contribution is 5.79. The van der Waals surface area contributed by atoms with Gasteiger partial charge in [-0.1, -0.05) is 51.8 Å². The second-order valence-electron chi connectivity index (χ2n) is 3.78. The van der Waals surface area contributed by atoms with Gasteiger partial charge in [0.2, 0.25) is 0 Å².